The van der Waals surface area contributed by atoms with Crippen molar-refractivity contribution in [3.63, 3.8) is 0 Å². The Kier molecular flexibility index (Phi) is 3.88. The molecule has 0 aliphatic rings. The maximum Gasteiger partial charge on any atom is 0.253 e. The molecule has 0 atom stereocenters. The molecule has 0 bridgehead atoms. The molecular formula is C11H4F5IN2. The highest BCUT2D eigenvalue weighted by atomic mass is 127. The highest BCUT2D eigenvalue weighted by molar-refractivity contribution is 14.1. The van der Waals surface area contributed by atoms with Gasteiger partial charge in [-0.2, -0.15) is 22.5 Å². The average molecular weight is 386 g/mol. The number of nitrogens with zero attached hydrogens (tertiary/aromatic N) is 1. The van der Waals surface area contributed by atoms with Gasteiger partial charge in [0, 0.05) is 3.57 Å². The molecule has 2 rings (SSSR count). The minimum absolute atomic E-state index is 0.102. The molecule has 0 aliphatic carbocycles. The molecule has 0 radical (unpaired) electrons. The van der Waals surface area contributed by atoms with E-state index in [9.17, 15) is 22.0 Å². The second-order valence-electron chi connectivity index (χ2n) is 3.45. The summed E-state index contributed by atoms with van der Waals surface area (Å²) < 4.78 is 65.6. The van der Waals surface area contributed by atoms with Crippen LogP contribution in [0, 0.1) is 32.9 Å². The number of hydrogen-bond donors (Lipinski definition) is 1. The number of hydrogen-bond acceptors (Lipinski definition) is 2. The minimum atomic E-state index is -1.77. The molecule has 0 spiro atoms. The fourth-order valence-electron chi connectivity index (χ4n) is 1.32. The molecule has 1 heterocycles. The highest BCUT2D eigenvalue weighted by Gasteiger charge is 2.21. The Hall–Kier alpha value is -1.45. The fourth-order valence-corrected chi connectivity index (χ4v) is 1.93. The molecule has 0 amide bonds. The first kappa shape index (κ1) is 14.0. The van der Waals surface area contributed by atoms with E-state index in [0.717, 1.165) is 12.1 Å². The van der Waals surface area contributed by atoms with E-state index in [1.807, 2.05) is 0 Å². The molecule has 1 aromatic heterocycles. The first-order chi connectivity index (χ1) is 8.90. The van der Waals surface area contributed by atoms with Crippen molar-refractivity contribution in [1.82, 2.24) is 4.98 Å². The quantitative estimate of drug-likeness (QED) is 0.477. The van der Waals surface area contributed by atoms with Gasteiger partial charge in [0.15, 0.2) is 0 Å². The van der Waals surface area contributed by atoms with E-state index in [4.69, 9.17) is 0 Å². The Morgan fingerprint density at radius 3 is 2.05 bits per heavy atom. The van der Waals surface area contributed by atoms with Crippen LogP contribution in [0.5, 0.6) is 0 Å². The van der Waals surface area contributed by atoms with E-state index in [1.165, 1.54) is 6.07 Å². The molecule has 100 valence electrons. The lowest BCUT2D eigenvalue weighted by molar-refractivity contribution is 0.411. The van der Waals surface area contributed by atoms with Crippen LogP contribution in [-0.2, 0) is 0 Å². The molecule has 0 unspecified atom stereocenters. The monoisotopic (exact) mass is 386 g/mol. The molecule has 1 aromatic carbocycles. The SMILES string of the molecule is Fc1ccc(Nc2c(F)c(F)nc(F)c2F)c(I)c1. The topological polar surface area (TPSA) is 24.9 Å². The minimum Gasteiger partial charge on any atom is -0.350 e. The van der Waals surface area contributed by atoms with Crippen molar-refractivity contribution in [2.24, 2.45) is 0 Å². The van der Waals surface area contributed by atoms with Gasteiger partial charge in [0.25, 0.3) is 11.9 Å². The number of anilines is 2. The van der Waals surface area contributed by atoms with E-state index >= 15 is 0 Å². The average Bonchev–Trinajstić information content (AvgIpc) is 2.34. The van der Waals surface area contributed by atoms with Crippen LogP contribution in [0.15, 0.2) is 18.2 Å². The molecular weight excluding hydrogens is 382 g/mol. The summed E-state index contributed by atoms with van der Waals surface area (Å²) in [5.74, 6) is -7.39. The highest BCUT2D eigenvalue weighted by Crippen LogP contribution is 2.28. The van der Waals surface area contributed by atoms with Crippen LogP contribution in [0.4, 0.5) is 33.3 Å². The number of pyridine rings is 1. The standard InChI is InChI=1S/C11H4F5IN2/c12-4-1-2-6(5(17)3-4)18-9-7(13)10(15)19-11(16)8(9)14/h1-3H,(H,18,19). The van der Waals surface area contributed by atoms with Crippen LogP contribution in [0.1, 0.15) is 0 Å². The van der Waals surface area contributed by atoms with E-state index in [1.54, 1.807) is 22.6 Å². The molecule has 0 aliphatic heterocycles. The summed E-state index contributed by atoms with van der Waals surface area (Å²) in [4.78, 5) is 2.43. The third kappa shape index (κ3) is 2.77. The second-order valence-corrected chi connectivity index (χ2v) is 4.61. The summed E-state index contributed by atoms with van der Waals surface area (Å²) in [6.45, 7) is 0. The Morgan fingerprint density at radius 1 is 0.947 bits per heavy atom. The van der Waals surface area contributed by atoms with E-state index in [2.05, 4.69) is 10.3 Å². The Bertz CT molecular complexity index is 621. The first-order valence-electron chi connectivity index (χ1n) is 4.82. The Morgan fingerprint density at radius 2 is 1.53 bits per heavy atom. The van der Waals surface area contributed by atoms with Crippen molar-refractivity contribution in [1.29, 1.82) is 0 Å². The molecule has 2 aromatic rings. The van der Waals surface area contributed by atoms with Crippen LogP contribution in [0.3, 0.4) is 0 Å². The molecule has 8 heteroatoms. The Labute approximate surface area is 117 Å². The molecule has 0 saturated carbocycles. The maximum absolute atomic E-state index is 13.4. The molecule has 0 saturated heterocycles. The summed E-state index contributed by atoms with van der Waals surface area (Å²) >= 11 is 1.70. The predicted octanol–water partition coefficient (Wildman–Crippen LogP) is 4.13. The van der Waals surface area contributed by atoms with Crippen molar-refractivity contribution in [3.8, 4) is 0 Å². The van der Waals surface area contributed by atoms with Crippen LogP contribution < -0.4 is 5.32 Å². The van der Waals surface area contributed by atoms with Crippen molar-refractivity contribution in [3.05, 3.63) is 51.1 Å². The van der Waals surface area contributed by atoms with Gasteiger partial charge in [0.1, 0.15) is 11.5 Å². The van der Waals surface area contributed by atoms with E-state index < -0.39 is 35.0 Å². The zero-order chi connectivity index (χ0) is 14.2. The first-order valence-corrected chi connectivity index (χ1v) is 5.90. The van der Waals surface area contributed by atoms with E-state index in [-0.39, 0.29) is 9.26 Å². The Balaban J connectivity index is 2.49. The van der Waals surface area contributed by atoms with Gasteiger partial charge in [0.2, 0.25) is 11.6 Å². The number of nitrogens with one attached hydrogen (secondary N) is 1. The van der Waals surface area contributed by atoms with Gasteiger partial charge < -0.3 is 5.32 Å². The van der Waals surface area contributed by atoms with Crippen LogP contribution in [0.2, 0.25) is 0 Å². The van der Waals surface area contributed by atoms with Gasteiger partial charge in [-0.05, 0) is 40.8 Å². The van der Waals surface area contributed by atoms with Gasteiger partial charge in [-0.15, -0.1) is 0 Å². The molecule has 2 nitrogen and oxygen atoms in total. The third-order valence-corrected chi connectivity index (χ3v) is 3.08. The van der Waals surface area contributed by atoms with Crippen LogP contribution >= 0.6 is 22.6 Å². The summed E-state index contributed by atoms with van der Waals surface area (Å²) in [5, 5.41) is 2.17. The second kappa shape index (κ2) is 5.27. The van der Waals surface area contributed by atoms with Crippen molar-refractivity contribution in [2.45, 2.75) is 0 Å². The zero-order valence-corrected chi connectivity index (χ0v) is 11.1. The lowest BCUT2D eigenvalue weighted by Gasteiger charge is -2.11. The summed E-state index contributed by atoms with van der Waals surface area (Å²) in [5.41, 5.74) is -0.917. The zero-order valence-electron chi connectivity index (χ0n) is 8.95. The van der Waals surface area contributed by atoms with Gasteiger partial charge in [0.05, 0.1) is 5.69 Å². The smallest absolute Gasteiger partial charge is 0.253 e. The summed E-state index contributed by atoms with van der Waals surface area (Å²) in [7, 11) is 0. The lowest BCUT2D eigenvalue weighted by Crippen LogP contribution is -2.06. The van der Waals surface area contributed by atoms with Crippen LogP contribution in [-0.4, -0.2) is 4.98 Å². The van der Waals surface area contributed by atoms with Crippen molar-refractivity contribution in [2.75, 3.05) is 5.32 Å². The number of rotatable bonds is 2. The van der Waals surface area contributed by atoms with Gasteiger partial charge in [-0.25, -0.2) is 4.39 Å². The molecule has 1 N–H and O–H groups in total. The van der Waals surface area contributed by atoms with E-state index in [0.29, 0.717) is 0 Å². The normalized spacial score (nSPS) is 10.6. The van der Waals surface area contributed by atoms with Crippen molar-refractivity contribution < 1.29 is 22.0 Å². The van der Waals surface area contributed by atoms with Crippen LogP contribution in [0.25, 0.3) is 0 Å². The molecule has 19 heavy (non-hydrogen) atoms. The van der Waals surface area contributed by atoms with Crippen molar-refractivity contribution >= 4 is 34.0 Å². The number of aromatic nitrogens is 1. The summed E-state index contributed by atoms with van der Waals surface area (Å²) in [6.07, 6.45) is 0. The number of halogens is 6. The van der Waals surface area contributed by atoms with Gasteiger partial charge >= 0.3 is 0 Å². The molecule has 0 fully saturated rings. The third-order valence-electron chi connectivity index (χ3n) is 2.19. The lowest BCUT2D eigenvalue weighted by atomic mass is 10.3. The largest absolute Gasteiger partial charge is 0.350 e. The predicted molar refractivity (Wildman–Crippen MR) is 66.5 cm³/mol. The number of benzene rings is 1. The van der Waals surface area contributed by atoms with Gasteiger partial charge in [-0.1, -0.05) is 0 Å². The summed E-state index contributed by atoms with van der Waals surface area (Å²) in [6, 6.07) is 3.31. The van der Waals surface area contributed by atoms with Gasteiger partial charge in [-0.3, -0.25) is 0 Å². The fraction of sp³-hybridized carbons (Fsp3) is 0. The maximum atomic E-state index is 13.4.